The fourth-order valence-electron chi connectivity index (χ4n) is 1.46. The third kappa shape index (κ3) is 4.73. The number of carbonyl (C=O) groups is 1. The zero-order chi connectivity index (χ0) is 12.8. The van der Waals surface area contributed by atoms with E-state index >= 15 is 0 Å². The van der Waals surface area contributed by atoms with E-state index in [1.54, 1.807) is 6.07 Å². The summed E-state index contributed by atoms with van der Waals surface area (Å²) in [7, 11) is 1.85. The quantitative estimate of drug-likeness (QED) is 0.838. The van der Waals surface area contributed by atoms with E-state index in [1.165, 1.54) is 0 Å². The van der Waals surface area contributed by atoms with Gasteiger partial charge in [-0.1, -0.05) is 17.7 Å². The van der Waals surface area contributed by atoms with Crippen molar-refractivity contribution in [1.82, 2.24) is 4.90 Å². The maximum absolute atomic E-state index is 11.7. The number of nitrogens with two attached hydrogens (primary N) is 1. The van der Waals surface area contributed by atoms with Gasteiger partial charge in [-0.2, -0.15) is 0 Å². The number of hydrogen-bond donors (Lipinski definition) is 2. The van der Waals surface area contributed by atoms with Crippen molar-refractivity contribution < 1.29 is 4.79 Å². The maximum Gasteiger partial charge on any atom is 0.238 e. The summed E-state index contributed by atoms with van der Waals surface area (Å²) >= 11 is 6.02. The number of nitrogens with zero attached hydrogens (tertiary/aromatic N) is 1. The first kappa shape index (κ1) is 14.0. The van der Waals surface area contributed by atoms with Crippen molar-refractivity contribution in [3.63, 3.8) is 0 Å². The van der Waals surface area contributed by atoms with Crippen LogP contribution in [0.3, 0.4) is 0 Å². The zero-order valence-electron chi connectivity index (χ0n) is 10.2. The van der Waals surface area contributed by atoms with Gasteiger partial charge in [0, 0.05) is 13.1 Å². The van der Waals surface area contributed by atoms with Crippen molar-refractivity contribution in [3.05, 3.63) is 28.8 Å². The van der Waals surface area contributed by atoms with Crippen LogP contribution in [0.4, 0.5) is 5.69 Å². The van der Waals surface area contributed by atoms with E-state index in [-0.39, 0.29) is 5.91 Å². The first-order valence-electron chi connectivity index (χ1n) is 5.47. The number of halogens is 1. The summed E-state index contributed by atoms with van der Waals surface area (Å²) in [5.41, 5.74) is 7.11. The number of aryl methyl sites for hydroxylation is 1. The molecule has 1 aromatic carbocycles. The Morgan fingerprint density at radius 2 is 2.24 bits per heavy atom. The van der Waals surface area contributed by atoms with E-state index in [1.807, 2.05) is 31.0 Å². The van der Waals surface area contributed by atoms with Crippen LogP contribution in [-0.4, -0.2) is 37.5 Å². The van der Waals surface area contributed by atoms with Crippen molar-refractivity contribution in [1.29, 1.82) is 0 Å². The molecular formula is C12H18ClN3O. The highest BCUT2D eigenvalue weighted by molar-refractivity contribution is 6.33. The number of likely N-dealkylation sites (N-methyl/N-ethyl adjacent to an activating group) is 1. The number of anilines is 1. The van der Waals surface area contributed by atoms with Gasteiger partial charge in [-0.15, -0.1) is 0 Å². The minimum absolute atomic E-state index is 0.0910. The summed E-state index contributed by atoms with van der Waals surface area (Å²) in [5, 5.41) is 3.33. The second-order valence-corrected chi connectivity index (χ2v) is 4.47. The van der Waals surface area contributed by atoms with Crippen LogP contribution in [0.15, 0.2) is 18.2 Å². The Morgan fingerprint density at radius 1 is 1.53 bits per heavy atom. The first-order valence-corrected chi connectivity index (χ1v) is 5.85. The van der Waals surface area contributed by atoms with E-state index in [9.17, 15) is 4.79 Å². The molecule has 5 heteroatoms. The molecule has 0 spiro atoms. The van der Waals surface area contributed by atoms with E-state index < -0.39 is 0 Å². The largest absolute Gasteiger partial charge is 0.329 e. The lowest BCUT2D eigenvalue weighted by Gasteiger charge is -2.15. The van der Waals surface area contributed by atoms with Gasteiger partial charge < -0.3 is 11.1 Å². The Morgan fingerprint density at radius 3 is 2.82 bits per heavy atom. The van der Waals surface area contributed by atoms with E-state index in [0.717, 1.165) is 5.56 Å². The normalized spacial score (nSPS) is 10.6. The van der Waals surface area contributed by atoms with Crippen LogP contribution in [0, 0.1) is 6.92 Å². The molecule has 0 fully saturated rings. The highest BCUT2D eigenvalue weighted by atomic mass is 35.5. The number of hydrogen-bond acceptors (Lipinski definition) is 3. The summed E-state index contributed by atoms with van der Waals surface area (Å²) < 4.78 is 0. The number of rotatable bonds is 5. The Kier molecular flexibility index (Phi) is 5.41. The van der Waals surface area contributed by atoms with Crippen LogP contribution in [0.1, 0.15) is 5.56 Å². The van der Waals surface area contributed by atoms with Gasteiger partial charge in [0.1, 0.15) is 0 Å². The maximum atomic E-state index is 11.7. The van der Waals surface area contributed by atoms with Gasteiger partial charge >= 0.3 is 0 Å². The second-order valence-electron chi connectivity index (χ2n) is 4.06. The molecule has 1 amide bonds. The summed E-state index contributed by atoms with van der Waals surface area (Å²) in [6, 6.07) is 5.53. The lowest BCUT2D eigenvalue weighted by molar-refractivity contribution is -0.117. The molecule has 0 aliphatic rings. The molecule has 17 heavy (non-hydrogen) atoms. The van der Waals surface area contributed by atoms with Crippen LogP contribution >= 0.6 is 11.6 Å². The standard InChI is InChI=1S/C12H18ClN3O/c1-9-3-4-11(10(13)7-9)15-12(17)8-16(2)6-5-14/h3-4,7H,5-6,8,14H2,1-2H3,(H,15,17). The van der Waals surface area contributed by atoms with Crippen LogP contribution in [0.25, 0.3) is 0 Å². The Labute approximate surface area is 107 Å². The highest BCUT2D eigenvalue weighted by Gasteiger charge is 2.08. The molecule has 3 N–H and O–H groups in total. The molecular weight excluding hydrogens is 238 g/mol. The van der Waals surface area contributed by atoms with Gasteiger partial charge in [-0.05, 0) is 31.7 Å². The van der Waals surface area contributed by atoms with E-state index in [0.29, 0.717) is 30.3 Å². The van der Waals surface area contributed by atoms with Gasteiger partial charge in [-0.3, -0.25) is 9.69 Å². The monoisotopic (exact) mass is 255 g/mol. The highest BCUT2D eigenvalue weighted by Crippen LogP contribution is 2.22. The molecule has 0 radical (unpaired) electrons. The molecule has 1 aromatic rings. The minimum Gasteiger partial charge on any atom is -0.329 e. The molecule has 0 aliphatic carbocycles. The predicted molar refractivity (Wildman–Crippen MR) is 71.4 cm³/mol. The molecule has 0 aliphatic heterocycles. The van der Waals surface area contributed by atoms with Crippen molar-refractivity contribution in [2.75, 3.05) is 32.0 Å². The molecule has 4 nitrogen and oxygen atoms in total. The summed E-state index contributed by atoms with van der Waals surface area (Å²) in [6.07, 6.45) is 0. The topological polar surface area (TPSA) is 58.4 Å². The molecule has 1 rings (SSSR count). The number of nitrogens with one attached hydrogen (secondary N) is 1. The number of carbonyl (C=O) groups excluding carboxylic acids is 1. The fourth-order valence-corrected chi connectivity index (χ4v) is 1.74. The molecule has 0 saturated carbocycles. The SMILES string of the molecule is Cc1ccc(NC(=O)CN(C)CCN)c(Cl)c1. The smallest absolute Gasteiger partial charge is 0.238 e. The molecule has 0 atom stereocenters. The van der Waals surface area contributed by atoms with Crippen LogP contribution in [-0.2, 0) is 4.79 Å². The Bertz CT molecular complexity index is 395. The zero-order valence-corrected chi connectivity index (χ0v) is 10.9. The average molecular weight is 256 g/mol. The third-order valence-corrected chi connectivity index (χ3v) is 2.64. The lowest BCUT2D eigenvalue weighted by atomic mass is 10.2. The Balaban J connectivity index is 2.56. The van der Waals surface area contributed by atoms with Gasteiger partial charge in [0.2, 0.25) is 5.91 Å². The van der Waals surface area contributed by atoms with E-state index in [2.05, 4.69) is 5.32 Å². The van der Waals surface area contributed by atoms with Crippen molar-refractivity contribution in [2.45, 2.75) is 6.92 Å². The molecule has 0 heterocycles. The molecule has 94 valence electrons. The lowest BCUT2D eigenvalue weighted by Crippen LogP contribution is -2.33. The van der Waals surface area contributed by atoms with Gasteiger partial charge in [-0.25, -0.2) is 0 Å². The molecule has 0 bridgehead atoms. The van der Waals surface area contributed by atoms with Crippen molar-refractivity contribution in [2.24, 2.45) is 5.73 Å². The van der Waals surface area contributed by atoms with Crippen LogP contribution < -0.4 is 11.1 Å². The van der Waals surface area contributed by atoms with Gasteiger partial charge in [0.25, 0.3) is 0 Å². The Hall–Kier alpha value is -1.10. The van der Waals surface area contributed by atoms with E-state index in [4.69, 9.17) is 17.3 Å². The average Bonchev–Trinajstić information content (AvgIpc) is 2.22. The molecule has 0 saturated heterocycles. The summed E-state index contributed by atoms with van der Waals surface area (Å²) in [5.74, 6) is -0.0910. The van der Waals surface area contributed by atoms with Crippen molar-refractivity contribution in [3.8, 4) is 0 Å². The summed E-state index contributed by atoms with van der Waals surface area (Å²) in [6.45, 7) is 3.48. The number of benzene rings is 1. The second kappa shape index (κ2) is 6.59. The number of amides is 1. The minimum atomic E-state index is -0.0910. The van der Waals surface area contributed by atoms with Gasteiger partial charge in [0.05, 0.1) is 17.3 Å². The molecule has 0 unspecified atom stereocenters. The van der Waals surface area contributed by atoms with Crippen LogP contribution in [0.5, 0.6) is 0 Å². The summed E-state index contributed by atoms with van der Waals surface area (Å²) in [4.78, 5) is 13.5. The first-order chi connectivity index (χ1) is 8.02. The van der Waals surface area contributed by atoms with Gasteiger partial charge in [0.15, 0.2) is 0 Å². The van der Waals surface area contributed by atoms with Crippen LogP contribution in [0.2, 0.25) is 5.02 Å². The predicted octanol–water partition coefficient (Wildman–Crippen LogP) is 1.48. The third-order valence-electron chi connectivity index (χ3n) is 2.32. The van der Waals surface area contributed by atoms with Crippen molar-refractivity contribution >= 4 is 23.2 Å². The molecule has 0 aromatic heterocycles. The fraction of sp³-hybridized carbons (Fsp3) is 0.417.